The lowest BCUT2D eigenvalue weighted by atomic mass is 10.4. The van der Waals surface area contributed by atoms with Crippen LogP contribution < -0.4 is 0 Å². The van der Waals surface area contributed by atoms with E-state index in [0.717, 1.165) is 25.7 Å². The van der Waals surface area contributed by atoms with E-state index in [9.17, 15) is 0 Å². The topological polar surface area (TPSA) is 40.5 Å². The summed E-state index contributed by atoms with van der Waals surface area (Å²) in [6, 6.07) is 0. The highest BCUT2D eigenvalue weighted by Crippen LogP contribution is 1.79. The quantitative estimate of drug-likeness (QED) is 0.428. The van der Waals surface area contributed by atoms with Crippen LogP contribution in [0.5, 0.6) is 0 Å². The Hall–Kier alpha value is 0.620. The molecule has 0 aliphatic carbocycles. The third-order valence-electron chi connectivity index (χ3n) is 1.02. The molecule has 0 aliphatic rings. The Morgan fingerprint density at radius 1 is 0.833 bits per heavy atom. The SMILES string of the molecule is CCCCO.CCCCO.SS. The summed E-state index contributed by atoms with van der Waals surface area (Å²) in [5.74, 6) is 0. The van der Waals surface area contributed by atoms with Gasteiger partial charge in [-0.15, -0.1) is 23.3 Å². The maximum absolute atomic E-state index is 8.07. The number of hydrogen-bond acceptors (Lipinski definition) is 4. The highest BCUT2D eigenvalue weighted by atomic mass is 33.1. The van der Waals surface area contributed by atoms with Crippen molar-refractivity contribution < 1.29 is 10.2 Å². The number of rotatable bonds is 4. The van der Waals surface area contributed by atoms with Crippen molar-refractivity contribution in [2.24, 2.45) is 0 Å². The maximum atomic E-state index is 8.07. The third-order valence-corrected chi connectivity index (χ3v) is 1.02. The van der Waals surface area contributed by atoms with Crippen molar-refractivity contribution in [3.63, 3.8) is 0 Å². The van der Waals surface area contributed by atoms with Crippen LogP contribution in [0.3, 0.4) is 0 Å². The maximum Gasteiger partial charge on any atom is 0.0430 e. The fourth-order valence-corrected chi connectivity index (χ4v) is 0.316. The Morgan fingerprint density at radius 2 is 1.08 bits per heavy atom. The monoisotopic (exact) mass is 214 g/mol. The average molecular weight is 214 g/mol. The normalized spacial score (nSPS) is 7.50. The predicted octanol–water partition coefficient (Wildman–Crippen LogP) is 2.32. The second kappa shape index (κ2) is 29.9. The minimum absolute atomic E-state index is 0.344. The van der Waals surface area contributed by atoms with Crippen molar-refractivity contribution in [3.8, 4) is 0 Å². The van der Waals surface area contributed by atoms with Gasteiger partial charge in [-0.1, -0.05) is 26.7 Å². The van der Waals surface area contributed by atoms with E-state index in [0.29, 0.717) is 13.2 Å². The van der Waals surface area contributed by atoms with Crippen LogP contribution in [-0.4, -0.2) is 23.4 Å². The van der Waals surface area contributed by atoms with Gasteiger partial charge in [0.2, 0.25) is 0 Å². The molecule has 0 aromatic carbocycles. The van der Waals surface area contributed by atoms with Crippen LogP contribution >= 0.6 is 23.3 Å². The van der Waals surface area contributed by atoms with Crippen LogP contribution in [0.1, 0.15) is 39.5 Å². The number of thiol groups is 2. The van der Waals surface area contributed by atoms with Crippen LogP contribution in [0.2, 0.25) is 0 Å². The molecule has 78 valence electrons. The molecule has 0 spiro atoms. The zero-order valence-electron chi connectivity index (χ0n) is 8.03. The molecule has 0 aromatic heterocycles. The molecule has 0 heterocycles. The molecule has 0 fully saturated rings. The molecule has 2 nitrogen and oxygen atoms in total. The second-order valence-electron chi connectivity index (χ2n) is 2.15. The molecule has 0 unspecified atom stereocenters. The van der Waals surface area contributed by atoms with E-state index in [1.165, 1.54) is 0 Å². The summed E-state index contributed by atoms with van der Waals surface area (Å²) in [5, 5.41) is 16.1. The molecule has 0 radical (unpaired) electrons. The van der Waals surface area contributed by atoms with Crippen LogP contribution in [0.25, 0.3) is 0 Å². The highest BCUT2D eigenvalue weighted by Gasteiger charge is 1.69. The molecule has 0 aromatic rings. The van der Waals surface area contributed by atoms with Gasteiger partial charge in [-0.25, -0.2) is 0 Å². The number of hydrogen-bond donors (Lipinski definition) is 4. The predicted molar refractivity (Wildman–Crippen MR) is 62.0 cm³/mol. The van der Waals surface area contributed by atoms with E-state index in [2.05, 4.69) is 37.2 Å². The van der Waals surface area contributed by atoms with Crippen molar-refractivity contribution in [3.05, 3.63) is 0 Å². The molecule has 0 amide bonds. The molecule has 0 atom stereocenters. The Balaban J connectivity index is -0.000000112. The summed E-state index contributed by atoms with van der Waals surface area (Å²) in [5.41, 5.74) is 0. The highest BCUT2D eigenvalue weighted by molar-refractivity contribution is 8.59. The van der Waals surface area contributed by atoms with Crippen molar-refractivity contribution in [1.82, 2.24) is 0 Å². The van der Waals surface area contributed by atoms with Gasteiger partial charge in [0.15, 0.2) is 0 Å². The number of unbranched alkanes of at least 4 members (excludes halogenated alkanes) is 2. The fraction of sp³-hybridized carbons (Fsp3) is 1.00. The molecule has 4 heteroatoms. The Morgan fingerprint density at radius 3 is 1.08 bits per heavy atom. The van der Waals surface area contributed by atoms with Gasteiger partial charge in [0.05, 0.1) is 0 Å². The summed E-state index contributed by atoms with van der Waals surface area (Å²) >= 11 is 6.44. The number of aliphatic hydroxyl groups is 2. The lowest BCUT2D eigenvalue weighted by Gasteiger charge is -1.79. The Kier molecular flexibility index (Phi) is 45.9. The van der Waals surface area contributed by atoms with Gasteiger partial charge in [0.1, 0.15) is 0 Å². The van der Waals surface area contributed by atoms with Gasteiger partial charge >= 0.3 is 0 Å². The van der Waals surface area contributed by atoms with Crippen LogP contribution in [0, 0.1) is 0 Å². The second-order valence-corrected chi connectivity index (χ2v) is 2.15. The minimum atomic E-state index is 0.344. The number of aliphatic hydroxyl groups excluding tert-OH is 2. The Labute approximate surface area is 86.6 Å². The van der Waals surface area contributed by atoms with Crippen LogP contribution in [0.4, 0.5) is 0 Å². The average Bonchev–Trinajstić information content (AvgIpc) is 2.12. The summed E-state index contributed by atoms with van der Waals surface area (Å²) in [6.07, 6.45) is 4.08. The first-order valence-electron chi connectivity index (χ1n) is 4.25. The van der Waals surface area contributed by atoms with E-state index >= 15 is 0 Å². The molecule has 0 aliphatic heterocycles. The first-order valence-corrected chi connectivity index (χ1v) is 5.85. The third kappa shape index (κ3) is 46.0. The largest absolute Gasteiger partial charge is 0.396 e. The fourth-order valence-electron chi connectivity index (χ4n) is 0.316. The minimum Gasteiger partial charge on any atom is -0.396 e. The van der Waals surface area contributed by atoms with Gasteiger partial charge in [0, 0.05) is 13.2 Å². The van der Waals surface area contributed by atoms with Gasteiger partial charge < -0.3 is 10.2 Å². The van der Waals surface area contributed by atoms with Gasteiger partial charge in [-0.3, -0.25) is 0 Å². The molecule has 0 saturated carbocycles. The summed E-state index contributed by atoms with van der Waals surface area (Å²) in [6.45, 7) is 4.79. The van der Waals surface area contributed by atoms with Crippen molar-refractivity contribution >= 4 is 23.3 Å². The first kappa shape index (κ1) is 18.4. The van der Waals surface area contributed by atoms with Crippen LogP contribution in [0.15, 0.2) is 0 Å². The Bertz CT molecular complexity index is 36.0. The van der Waals surface area contributed by atoms with Gasteiger partial charge in [0.25, 0.3) is 0 Å². The standard InChI is InChI=1S/2C4H10O.H2S2/c2*1-2-3-4-5;1-2/h2*5H,2-4H2,1H3;1-2H. The first-order chi connectivity index (χ1) is 5.83. The van der Waals surface area contributed by atoms with Crippen LogP contribution in [-0.2, 0) is 0 Å². The van der Waals surface area contributed by atoms with E-state index < -0.39 is 0 Å². The molecule has 12 heavy (non-hydrogen) atoms. The van der Waals surface area contributed by atoms with E-state index in [1.807, 2.05) is 0 Å². The van der Waals surface area contributed by atoms with Crippen molar-refractivity contribution in [2.75, 3.05) is 13.2 Å². The molecule has 0 saturated heterocycles. The molecular formula is C8H22O2S2. The molecular weight excluding hydrogens is 192 g/mol. The van der Waals surface area contributed by atoms with Gasteiger partial charge in [-0.2, -0.15) is 0 Å². The van der Waals surface area contributed by atoms with Gasteiger partial charge in [-0.05, 0) is 12.8 Å². The lowest BCUT2D eigenvalue weighted by Crippen LogP contribution is -1.75. The molecule has 0 rings (SSSR count). The molecule has 2 N–H and O–H groups in total. The zero-order valence-corrected chi connectivity index (χ0v) is 9.82. The molecule has 0 bridgehead atoms. The lowest BCUT2D eigenvalue weighted by molar-refractivity contribution is 0.286. The van der Waals surface area contributed by atoms with E-state index in [1.54, 1.807) is 0 Å². The van der Waals surface area contributed by atoms with E-state index in [4.69, 9.17) is 10.2 Å². The van der Waals surface area contributed by atoms with Crippen molar-refractivity contribution in [2.45, 2.75) is 39.5 Å². The zero-order chi connectivity index (χ0) is 10.2. The summed E-state index contributed by atoms with van der Waals surface area (Å²) < 4.78 is 0. The summed E-state index contributed by atoms with van der Waals surface area (Å²) in [4.78, 5) is 0. The van der Waals surface area contributed by atoms with E-state index in [-0.39, 0.29) is 0 Å². The smallest absolute Gasteiger partial charge is 0.0430 e. The van der Waals surface area contributed by atoms with Crippen molar-refractivity contribution in [1.29, 1.82) is 0 Å². The summed E-state index contributed by atoms with van der Waals surface area (Å²) in [7, 11) is 0.